The largest absolute Gasteiger partial charge is 0.357 e. The number of hydrogen-bond donors (Lipinski definition) is 1. The summed E-state index contributed by atoms with van der Waals surface area (Å²) in [6.45, 7) is 4.85. The molecule has 0 radical (unpaired) electrons. The summed E-state index contributed by atoms with van der Waals surface area (Å²) in [7, 11) is 1.82. The molecule has 0 atom stereocenters. The number of rotatable bonds is 3. The predicted octanol–water partition coefficient (Wildman–Crippen LogP) is 1.71. The second kappa shape index (κ2) is 4.30. The zero-order valence-electron chi connectivity index (χ0n) is 9.73. The van der Waals surface area contributed by atoms with Crippen molar-refractivity contribution in [2.75, 3.05) is 12.4 Å². The van der Waals surface area contributed by atoms with E-state index in [4.69, 9.17) is 0 Å². The molecule has 2 heterocycles. The fourth-order valence-electron chi connectivity index (χ4n) is 1.61. The van der Waals surface area contributed by atoms with Crippen LogP contribution in [0.25, 0.3) is 11.4 Å². The third-order valence-corrected chi connectivity index (χ3v) is 2.36. The van der Waals surface area contributed by atoms with Crippen LogP contribution in [-0.2, 0) is 6.54 Å². The second-order valence-corrected chi connectivity index (χ2v) is 3.50. The van der Waals surface area contributed by atoms with Crippen LogP contribution in [0.2, 0.25) is 0 Å². The molecule has 0 saturated carbocycles. The van der Waals surface area contributed by atoms with E-state index < -0.39 is 0 Å². The van der Waals surface area contributed by atoms with Gasteiger partial charge in [0.2, 0.25) is 5.95 Å². The maximum Gasteiger partial charge on any atom is 0.223 e. The van der Waals surface area contributed by atoms with Gasteiger partial charge in [0, 0.05) is 25.5 Å². The molecule has 0 aliphatic heterocycles. The van der Waals surface area contributed by atoms with E-state index in [1.807, 2.05) is 30.8 Å². The summed E-state index contributed by atoms with van der Waals surface area (Å²) >= 11 is 0. The number of nitrogens with one attached hydrogen (secondary N) is 1. The van der Waals surface area contributed by atoms with E-state index in [2.05, 4.69) is 27.3 Å². The van der Waals surface area contributed by atoms with Gasteiger partial charge in [-0.2, -0.15) is 5.10 Å². The highest BCUT2D eigenvalue weighted by Gasteiger charge is 2.07. The number of anilines is 1. The summed E-state index contributed by atoms with van der Waals surface area (Å²) in [6.07, 6.45) is 1.79. The summed E-state index contributed by atoms with van der Waals surface area (Å²) in [5.41, 5.74) is 2.86. The third kappa shape index (κ3) is 1.88. The van der Waals surface area contributed by atoms with Crippen LogP contribution in [0.15, 0.2) is 18.3 Å². The first-order chi connectivity index (χ1) is 7.74. The lowest BCUT2D eigenvalue weighted by molar-refractivity contribution is 0.665. The van der Waals surface area contributed by atoms with E-state index in [0.717, 1.165) is 23.6 Å². The molecule has 0 aromatic carbocycles. The minimum Gasteiger partial charge on any atom is -0.357 e. The summed E-state index contributed by atoms with van der Waals surface area (Å²) in [5.74, 6) is 0.638. The normalized spacial score (nSPS) is 10.4. The zero-order chi connectivity index (χ0) is 11.5. The first-order valence-electron chi connectivity index (χ1n) is 5.30. The Balaban J connectivity index is 2.51. The van der Waals surface area contributed by atoms with E-state index in [0.29, 0.717) is 5.95 Å². The van der Waals surface area contributed by atoms with Crippen molar-refractivity contribution in [2.24, 2.45) is 0 Å². The molecule has 5 nitrogen and oxygen atoms in total. The van der Waals surface area contributed by atoms with Gasteiger partial charge >= 0.3 is 0 Å². The highest BCUT2D eigenvalue weighted by Crippen LogP contribution is 2.18. The summed E-state index contributed by atoms with van der Waals surface area (Å²) in [5, 5.41) is 7.19. The molecule has 0 fully saturated rings. The zero-order valence-corrected chi connectivity index (χ0v) is 9.73. The Morgan fingerprint density at radius 3 is 2.88 bits per heavy atom. The van der Waals surface area contributed by atoms with Gasteiger partial charge in [-0.05, 0) is 26.0 Å². The van der Waals surface area contributed by atoms with Crippen molar-refractivity contribution in [3.63, 3.8) is 0 Å². The Labute approximate surface area is 94.5 Å². The molecule has 0 saturated heterocycles. The van der Waals surface area contributed by atoms with Crippen molar-refractivity contribution in [3.05, 3.63) is 24.0 Å². The predicted molar refractivity (Wildman–Crippen MR) is 63.2 cm³/mol. The number of hydrogen-bond acceptors (Lipinski definition) is 4. The van der Waals surface area contributed by atoms with E-state index in [9.17, 15) is 0 Å². The van der Waals surface area contributed by atoms with Gasteiger partial charge in [-0.3, -0.25) is 4.68 Å². The number of nitrogens with zero attached hydrogens (tertiary/aromatic N) is 4. The SMILES string of the molecule is CCn1nccc1-c1cc(C)nc(NC)n1. The van der Waals surface area contributed by atoms with Gasteiger partial charge in [-0.15, -0.1) is 0 Å². The van der Waals surface area contributed by atoms with Gasteiger partial charge in [-0.1, -0.05) is 0 Å². The first kappa shape index (κ1) is 10.6. The molecule has 0 unspecified atom stereocenters. The van der Waals surface area contributed by atoms with Crippen molar-refractivity contribution in [3.8, 4) is 11.4 Å². The monoisotopic (exact) mass is 217 g/mol. The van der Waals surface area contributed by atoms with Crippen LogP contribution in [0.4, 0.5) is 5.95 Å². The van der Waals surface area contributed by atoms with Crippen LogP contribution in [0.5, 0.6) is 0 Å². The lowest BCUT2D eigenvalue weighted by Gasteiger charge is -2.06. The van der Waals surface area contributed by atoms with Crippen molar-refractivity contribution < 1.29 is 0 Å². The lowest BCUT2D eigenvalue weighted by atomic mass is 10.2. The fourth-order valence-corrected chi connectivity index (χ4v) is 1.61. The minimum absolute atomic E-state index is 0.638. The van der Waals surface area contributed by atoms with Gasteiger partial charge in [0.05, 0.1) is 11.4 Å². The van der Waals surface area contributed by atoms with E-state index in [1.165, 1.54) is 0 Å². The average Bonchev–Trinajstić information content (AvgIpc) is 2.76. The minimum atomic E-state index is 0.638. The molecule has 16 heavy (non-hydrogen) atoms. The molecular weight excluding hydrogens is 202 g/mol. The van der Waals surface area contributed by atoms with Crippen LogP contribution in [0.3, 0.4) is 0 Å². The highest BCUT2D eigenvalue weighted by molar-refractivity contribution is 5.56. The first-order valence-corrected chi connectivity index (χ1v) is 5.30. The molecule has 2 rings (SSSR count). The topological polar surface area (TPSA) is 55.6 Å². The molecule has 1 N–H and O–H groups in total. The molecule has 2 aromatic heterocycles. The average molecular weight is 217 g/mol. The Morgan fingerprint density at radius 1 is 1.38 bits per heavy atom. The van der Waals surface area contributed by atoms with E-state index in [-0.39, 0.29) is 0 Å². The Morgan fingerprint density at radius 2 is 2.19 bits per heavy atom. The summed E-state index contributed by atoms with van der Waals surface area (Å²) in [6, 6.07) is 3.93. The maximum absolute atomic E-state index is 4.42. The molecule has 84 valence electrons. The Hall–Kier alpha value is -1.91. The standard InChI is InChI=1S/C11H15N5/c1-4-16-10(5-6-13-16)9-7-8(2)14-11(12-3)15-9/h5-7H,4H2,1-3H3,(H,12,14,15). The molecule has 0 bridgehead atoms. The van der Waals surface area contributed by atoms with Crippen LogP contribution < -0.4 is 5.32 Å². The molecule has 2 aromatic rings. The lowest BCUT2D eigenvalue weighted by Crippen LogP contribution is -2.03. The van der Waals surface area contributed by atoms with Gasteiger partial charge in [-0.25, -0.2) is 9.97 Å². The molecule has 0 aliphatic rings. The molecule has 0 aliphatic carbocycles. The van der Waals surface area contributed by atoms with Crippen molar-refractivity contribution in [2.45, 2.75) is 20.4 Å². The van der Waals surface area contributed by atoms with Crippen LogP contribution in [0, 0.1) is 6.92 Å². The molecular formula is C11H15N5. The summed E-state index contributed by atoms with van der Waals surface area (Å²) in [4.78, 5) is 8.69. The van der Waals surface area contributed by atoms with Crippen LogP contribution in [-0.4, -0.2) is 26.8 Å². The quantitative estimate of drug-likeness (QED) is 0.850. The van der Waals surface area contributed by atoms with Crippen LogP contribution in [0.1, 0.15) is 12.6 Å². The van der Waals surface area contributed by atoms with Crippen molar-refractivity contribution in [1.82, 2.24) is 19.7 Å². The van der Waals surface area contributed by atoms with Gasteiger partial charge in [0.15, 0.2) is 0 Å². The Bertz CT molecular complexity index is 489. The van der Waals surface area contributed by atoms with Crippen molar-refractivity contribution in [1.29, 1.82) is 0 Å². The van der Waals surface area contributed by atoms with Gasteiger partial charge < -0.3 is 5.32 Å². The van der Waals surface area contributed by atoms with E-state index >= 15 is 0 Å². The highest BCUT2D eigenvalue weighted by atomic mass is 15.3. The number of aryl methyl sites for hydroxylation is 2. The van der Waals surface area contributed by atoms with Gasteiger partial charge in [0.1, 0.15) is 0 Å². The maximum atomic E-state index is 4.42. The van der Waals surface area contributed by atoms with Gasteiger partial charge in [0.25, 0.3) is 0 Å². The second-order valence-electron chi connectivity index (χ2n) is 3.50. The molecule has 0 spiro atoms. The number of aromatic nitrogens is 4. The Kier molecular flexibility index (Phi) is 2.85. The molecule has 0 amide bonds. The smallest absolute Gasteiger partial charge is 0.223 e. The molecule has 5 heteroatoms. The van der Waals surface area contributed by atoms with E-state index in [1.54, 1.807) is 6.20 Å². The summed E-state index contributed by atoms with van der Waals surface area (Å²) < 4.78 is 1.92. The fraction of sp³-hybridized carbons (Fsp3) is 0.364. The van der Waals surface area contributed by atoms with Crippen LogP contribution >= 0.6 is 0 Å². The third-order valence-electron chi connectivity index (χ3n) is 2.36. The van der Waals surface area contributed by atoms with Crippen molar-refractivity contribution >= 4 is 5.95 Å².